The molecule has 1 fully saturated rings. The summed E-state index contributed by atoms with van der Waals surface area (Å²) in [5.74, 6) is -2.73. The van der Waals surface area contributed by atoms with Gasteiger partial charge in [-0.25, -0.2) is 36.1 Å². The zero-order valence-electron chi connectivity index (χ0n) is 16.5. The number of carbonyl (C=O) groups excluding carboxylic acids is 1. The van der Waals surface area contributed by atoms with E-state index in [2.05, 4.69) is 20.4 Å². The van der Waals surface area contributed by atoms with Crippen LogP contribution in [-0.2, 0) is 9.84 Å². The summed E-state index contributed by atoms with van der Waals surface area (Å²) in [4.78, 5) is 20.1. The normalized spacial score (nSPS) is 16.5. The fraction of sp³-hybridized carbons (Fsp3) is 0.333. The molecule has 4 heterocycles. The zero-order valence-corrected chi connectivity index (χ0v) is 17.3. The Morgan fingerprint density at radius 2 is 1.97 bits per heavy atom. The lowest BCUT2D eigenvalue weighted by Gasteiger charge is -2.38. The van der Waals surface area contributed by atoms with Crippen molar-refractivity contribution in [2.75, 3.05) is 18.1 Å². The van der Waals surface area contributed by atoms with Crippen molar-refractivity contribution in [2.24, 2.45) is 0 Å². The van der Waals surface area contributed by atoms with Crippen LogP contribution in [0, 0.1) is 5.82 Å². The number of sulfone groups is 1. The Hall–Kier alpha value is -3.42. The molecule has 0 unspecified atom stereocenters. The van der Waals surface area contributed by atoms with Crippen molar-refractivity contribution < 1.29 is 35.9 Å². The quantitative estimate of drug-likeness (QED) is 0.551. The third-order valence-electron chi connectivity index (χ3n) is 4.45. The number of amides is 1. The number of halogens is 3. The molecule has 0 aliphatic carbocycles. The van der Waals surface area contributed by atoms with Crippen molar-refractivity contribution in [1.29, 1.82) is 0 Å². The number of nitrogens with zero attached hydrogens (tertiary/aromatic N) is 4. The van der Waals surface area contributed by atoms with Crippen molar-refractivity contribution in [1.82, 2.24) is 24.9 Å². The Kier molecular flexibility index (Phi) is 5.40. The van der Waals surface area contributed by atoms with Crippen LogP contribution in [0.4, 0.5) is 13.2 Å². The minimum absolute atomic E-state index is 0.0581. The van der Waals surface area contributed by atoms with Gasteiger partial charge >= 0.3 is 0 Å². The molecule has 170 valence electrons. The van der Waals surface area contributed by atoms with Gasteiger partial charge in [0.05, 0.1) is 17.0 Å². The van der Waals surface area contributed by atoms with Gasteiger partial charge in [-0.3, -0.25) is 4.79 Å². The number of alkyl halides is 2. The first-order valence-corrected chi connectivity index (χ1v) is 11.0. The summed E-state index contributed by atoms with van der Waals surface area (Å²) in [6.07, 6.45) is 1.07. The summed E-state index contributed by atoms with van der Waals surface area (Å²) in [6.45, 7) is 0.629. The lowest BCUT2D eigenvalue weighted by Crippen LogP contribution is -2.63. The summed E-state index contributed by atoms with van der Waals surface area (Å²) >= 11 is 0. The standard InChI is InChI=1S/C18H16F3N5O5S/c1-18(8-32(28,29)9-18)24-15(27)14-13(21)11-6-10(2-5-26(11)25-14)31-17-16(22-3-4-23-17)30-7-12(19)20/h2-6,12H,7-9H2,1H3,(H,24,27). The van der Waals surface area contributed by atoms with Crippen molar-refractivity contribution in [3.05, 3.63) is 42.2 Å². The van der Waals surface area contributed by atoms with E-state index in [1.807, 2.05) is 0 Å². The SMILES string of the molecule is CC1(NC(=O)c2nn3ccc(Oc4nccnc4OCC(F)F)cc3c2F)CS(=O)(=O)C1. The van der Waals surface area contributed by atoms with Crippen LogP contribution in [0.2, 0.25) is 0 Å². The van der Waals surface area contributed by atoms with Crippen LogP contribution >= 0.6 is 0 Å². The first-order chi connectivity index (χ1) is 15.1. The molecule has 0 radical (unpaired) electrons. The molecule has 1 N–H and O–H groups in total. The van der Waals surface area contributed by atoms with E-state index in [0.29, 0.717) is 0 Å². The molecule has 1 amide bonds. The molecule has 14 heteroatoms. The summed E-state index contributed by atoms with van der Waals surface area (Å²) in [5.41, 5.74) is -1.63. The number of aromatic nitrogens is 4. The number of fused-ring (bicyclic) bond motifs is 1. The van der Waals surface area contributed by atoms with Gasteiger partial charge in [-0.15, -0.1) is 0 Å². The predicted molar refractivity (Wildman–Crippen MR) is 103 cm³/mol. The highest BCUT2D eigenvalue weighted by Crippen LogP contribution is 2.29. The lowest BCUT2D eigenvalue weighted by atomic mass is 10.1. The molecule has 0 bridgehead atoms. The Labute approximate surface area is 179 Å². The van der Waals surface area contributed by atoms with E-state index in [-0.39, 0.29) is 34.5 Å². The van der Waals surface area contributed by atoms with Gasteiger partial charge in [0.15, 0.2) is 28.0 Å². The number of pyridine rings is 1. The number of hydrogen-bond acceptors (Lipinski definition) is 8. The third-order valence-corrected chi connectivity index (χ3v) is 6.60. The first kappa shape index (κ1) is 21.8. The van der Waals surface area contributed by atoms with Crippen LogP contribution in [0.5, 0.6) is 17.5 Å². The van der Waals surface area contributed by atoms with Crippen LogP contribution in [-0.4, -0.2) is 64.0 Å². The average molecular weight is 471 g/mol. The van der Waals surface area contributed by atoms with E-state index in [0.717, 1.165) is 4.52 Å². The van der Waals surface area contributed by atoms with E-state index in [1.165, 1.54) is 30.7 Å². The van der Waals surface area contributed by atoms with Gasteiger partial charge in [0.25, 0.3) is 24.1 Å². The van der Waals surface area contributed by atoms with E-state index in [4.69, 9.17) is 9.47 Å². The Balaban J connectivity index is 1.56. The molecule has 3 aromatic heterocycles. The summed E-state index contributed by atoms with van der Waals surface area (Å²) in [7, 11) is -3.21. The highest BCUT2D eigenvalue weighted by molar-refractivity contribution is 7.93. The summed E-state index contributed by atoms with van der Waals surface area (Å²) < 4.78 is 73.9. The van der Waals surface area contributed by atoms with Crippen LogP contribution in [0.15, 0.2) is 30.7 Å². The molecule has 0 saturated carbocycles. The molecular formula is C18H16F3N5O5S. The lowest BCUT2D eigenvalue weighted by molar-refractivity contribution is 0.0779. The largest absolute Gasteiger partial charge is 0.468 e. The van der Waals surface area contributed by atoms with E-state index < -0.39 is 45.8 Å². The second-order valence-electron chi connectivity index (χ2n) is 7.37. The fourth-order valence-electron chi connectivity index (χ4n) is 3.28. The Bertz CT molecular complexity index is 1290. The number of nitrogens with one attached hydrogen (secondary N) is 1. The second-order valence-corrected chi connectivity index (χ2v) is 9.44. The van der Waals surface area contributed by atoms with Crippen molar-refractivity contribution in [3.63, 3.8) is 0 Å². The van der Waals surface area contributed by atoms with Crippen molar-refractivity contribution in [3.8, 4) is 17.5 Å². The molecule has 0 aromatic carbocycles. The molecule has 0 atom stereocenters. The molecular weight excluding hydrogens is 455 g/mol. The van der Waals surface area contributed by atoms with Crippen LogP contribution in [0.25, 0.3) is 5.52 Å². The van der Waals surface area contributed by atoms with Crippen LogP contribution < -0.4 is 14.8 Å². The van der Waals surface area contributed by atoms with Gasteiger partial charge in [0.1, 0.15) is 11.3 Å². The molecule has 1 aliphatic rings. The van der Waals surface area contributed by atoms with E-state index >= 15 is 0 Å². The summed E-state index contributed by atoms with van der Waals surface area (Å²) in [5, 5.41) is 6.38. The van der Waals surface area contributed by atoms with Gasteiger partial charge in [-0.05, 0) is 13.0 Å². The number of rotatable bonds is 7. The fourth-order valence-corrected chi connectivity index (χ4v) is 5.28. The number of hydrogen-bond donors (Lipinski definition) is 1. The summed E-state index contributed by atoms with van der Waals surface area (Å²) in [6, 6.07) is 2.60. The van der Waals surface area contributed by atoms with Gasteiger partial charge in [0, 0.05) is 24.7 Å². The zero-order chi connectivity index (χ0) is 23.1. The smallest absolute Gasteiger partial charge is 0.283 e. The number of ether oxygens (including phenoxy) is 2. The maximum absolute atomic E-state index is 14.9. The average Bonchev–Trinajstić information content (AvgIpc) is 3.02. The molecule has 0 spiro atoms. The van der Waals surface area contributed by atoms with Crippen LogP contribution in [0.1, 0.15) is 17.4 Å². The molecule has 1 saturated heterocycles. The maximum atomic E-state index is 14.9. The predicted octanol–water partition coefficient (Wildman–Crippen LogP) is 1.62. The molecule has 4 rings (SSSR count). The van der Waals surface area contributed by atoms with Crippen molar-refractivity contribution in [2.45, 2.75) is 18.9 Å². The maximum Gasteiger partial charge on any atom is 0.283 e. The molecule has 32 heavy (non-hydrogen) atoms. The monoisotopic (exact) mass is 471 g/mol. The Morgan fingerprint density at radius 1 is 1.28 bits per heavy atom. The molecule has 3 aromatic rings. The highest BCUT2D eigenvalue weighted by atomic mass is 32.2. The Morgan fingerprint density at radius 3 is 2.62 bits per heavy atom. The minimum atomic E-state index is -3.21. The van der Waals surface area contributed by atoms with Gasteiger partial charge in [0.2, 0.25) is 0 Å². The first-order valence-electron chi connectivity index (χ1n) is 9.16. The minimum Gasteiger partial charge on any atom is -0.468 e. The third kappa shape index (κ3) is 4.44. The molecule has 10 nitrogen and oxygen atoms in total. The highest BCUT2D eigenvalue weighted by Gasteiger charge is 2.46. The van der Waals surface area contributed by atoms with Gasteiger partial charge in [-0.2, -0.15) is 5.10 Å². The van der Waals surface area contributed by atoms with Gasteiger partial charge in [-0.1, -0.05) is 0 Å². The number of carbonyl (C=O) groups is 1. The topological polar surface area (TPSA) is 125 Å². The van der Waals surface area contributed by atoms with Crippen molar-refractivity contribution >= 4 is 21.3 Å². The van der Waals surface area contributed by atoms with Gasteiger partial charge < -0.3 is 14.8 Å². The van der Waals surface area contributed by atoms with E-state index in [1.54, 1.807) is 6.92 Å². The molecule has 1 aliphatic heterocycles. The second kappa shape index (κ2) is 7.93. The van der Waals surface area contributed by atoms with Crippen LogP contribution in [0.3, 0.4) is 0 Å². The van der Waals surface area contributed by atoms with E-state index in [9.17, 15) is 26.4 Å².